The van der Waals surface area contributed by atoms with Gasteiger partial charge in [-0.1, -0.05) is 41.1 Å². The van der Waals surface area contributed by atoms with Gasteiger partial charge in [0, 0.05) is 17.4 Å². The zero-order chi connectivity index (χ0) is 17.2. The molecule has 4 rings (SSSR count). The van der Waals surface area contributed by atoms with Crippen LogP contribution in [0.5, 0.6) is 0 Å². The molecule has 3 aromatic heterocycles. The Labute approximate surface area is 151 Å². The van der Waals surface area contributed by atoms with Gasteiger partial charge in [-0.25, -0.2) is 0 Å². The molecule has 25 heavy (non-hydrogen) atoms. The van der Waals surface area contributed by atoms with E-state index in [1.54, 1.807) is 18.5 Å². The number of benzene rings is 1. The summed E-state index contributed by atoms with van der Waals surface area (Å²) in [5.74, 6) is 0.494. The summed E-state index contributed by atoms with van der Waals surface area (Å²) in [6.45, 7) is 0. The molecule has 0 aliphatic rings. The Kier molecular flexibility index (Phi) is 4.13. The summed E-state index contributed by atoms with van der Waals surface area (Å²) in [5, 5.41) is 4.95. The van der Waals surface area contributed by atoms with E-state index in [-0.39, 0.29) is 5.56 Å². The van der Waals surface area contributed by atoms with E-state index in [0.29, 0.717) is 20.3 Å². The Morgan fingerprint density at radius 3 is 2.48 bits per heavy atom. The van der Waals surface area contributed by atoms with Crippen molar-refractivity contribution in [1.29, 1.82) is 0 Å². The van der Waals surface area contributed by atoms with Crippen molar-refractivity contribution in [3.63, 3.8) is 0 Å². The molecule has 3 heterocycles. The van der Waals surface area contributed by atoms with Crippen LogP contribution in [-0.2, 0) is 0 Å². The molecule has 122 valence electrons. The number of aromatic nitrogens is 4. The lowest BCUT2D eigenvalue weighted by Gasteiger charge is -1.92. The molecule has 0 saturated carbocycles. The SMILES string of the molecule is O=c1c(=Cc2ccncc2)sc2nc(C=Cc3ccc(Cl)cc3)nn12. The highest BCUT2D eigenvalue weighted by atomic mass is 35.5. The normalized spacial score (nSPS) is 12.4. The molecule has 0 aliphatic carbocycles. The lowest BCUT2D eigenvalue weighted by Crippen LogP contribution is -2.23. The summed E-state index contributed by atoms with van der Waals surface area (Å²) < 4.78 is 1.92. The zero-order valence-corrected chi connectivity index (χ0v) is 14.4. The van der Waals surface area contributed by atoms with Gasteiger partial charge in [0.15, 0.2) is 5.82 Å². The van der Waals surface area contributed by atoms with Crippen molar-refractivity contribution in [3.8, 4) is 0 Å². The van der Waals surface area contributed by atoms with Crippen molar-refractivity contribution < 1.29 is 0 Å². The van der Waals surface area contributed by atoms with Crippen molar-refractivity contribution in [3.05, 3.63) is 85.7 Å². The van der Waals surface area contributed by atoms with E-state index in [9.17, 15) is 4.79 Å². The third kappa shape index (κ3) is 3.35. The third-order valence-corrected chi connectivity index (χ3v) is 4.71. The van der Waals surface area contributed by atoms with Crippen LogP contribution in [0.15, 0.2) is 53.6 Å². The minimum absolute atomic E-state index is 0.171. The van der Waals surface area contributed by atoms with Crippen molar-refractivity contribution in [2.24, 2.45) is 0 Å². The Morgan fingerprint density at radius 2 is 1.76 bits per heavy atom. The molecule has 0 spiro atoms. The number of halogens is 1. The average Bonchev–Trinajstić information content (AvgIpc) is 3.15. The molecule has 4 aromatic rings. The van der Waals surface area contributed by atoms with Gasteiger partial charge in [0.2, 0.25) is 4.96 Å². The molecule has 0 radical (unpaired) electrons. The molecule has 5 nitrogen and oxygen atoms in total. The van der Waals surface area contributed by atoms with Crippen molar-refractivity contribution in [1.82, 2.24) is 19.6 Å². The number of pyridine rings is 1. The lowest BCUT2D eigenvalue weighted by atomic mass is 10.2. The number of hydrogen-bond donors (Lipinski definition) is 0. The van der Waals surface area contributed by atoms with Gasteiger partial charge in [0.1, 0.15) is 0 Å². The van der Waals surface area contributed by atoms with Crippen molar-refractivity contribution >= 4 is 46.1 Å². The fourth-order valence-corrected chi connectivity index (χ4v) is 3.32. The number of hydrogen-bond acceptors (Lipinski definition) is 5. The number of rotatable bonds is 3. The van der Waals surface area contributed by atoms with Crippen LogP contribution in [0.2, 0.25) is 5.02 Å². The van der Waals surface area contributed by atoms with E-state index in [4.69, 9.17) is 11.6 Å². The van der Waals surface area contributed by atoms with Crippen molar-refractivity contribution in [2.75, 3.05) is 0 Å². The molecule has 7 heteroatoms. The first-order valence-electron chi connectivity index (χ1n) is 7.44. The fraction of sp³-hybridized carbons (Fsp3) is 0. The van der Waals surface area contributed by atoms with E-state index < -0.39 is 0 Å². The van der Waals surface area contributed by atoms with Crippen LogP contribution in [0, 0.1) is 0 Å². The standard InChI is InChI=1S/C18H11ClN4OS/c19-14-4-1-12(2-5-14)3-6-16-21-18-23(22-16)17(24)15(25-18)11-13-7-9-20-10-8-13/h1-11H. The minimum Gasteiger partial charge on any atom is -0.266 e. The van der Waals surface area contributed by atoms with Gasteiger partial charge in [0.25, 0.3) is 5.56 Å². The van der Waals surface area contributed by atoms with Gasteiger partial charge in [-0.3, -0.25) is 9.78 Å². The highest BCUT2D eigenvalue weighted by molar-refractivity contribution is 7.15. The predicted molar refractivity (Wildman–Crippen MR) is 101 cm³/mol. The van der Waals surface area contributed by atoms with E-state index in [0.717, 1.165) is 11.1 Å². The van der Waals surface area contributed by atoms with Gasteiger partial charge in [-0.2, -0.15) is 9.50 Å². The van der Waals surface area contributed by atoms with Crippen LogP contribution in [-0.4, -0.2) is 19.6 Å². The van der Waals surface area contributed by atoms with E-state index in [1.165, 1.54) is 15.9 Å². The summed E-state index contributed by atoms with van der Waals surface area (Å²) in [6, 6.07) is 11.1. The van der Waals surface area contributed by atoms with Gasteiger partial charge in [-0.05, 0) is 47.5 Å². The van der Waals surface area contributed by atoms with Gasteiger partial charge >= 0.3 is 0 Å². The number of nitrogens with zero attached hydrogens (tertiary/aromatic N) is 4. The first-order valence-corrected chi connectivity index (χ1v) is 8.63. The van der Waals surface area contributed by atoms with E-state index in [1.807, 2.05) is 48.6 Å². The van der Waals surface area contributed by atoms with Crippen LogP contribution < -0.4 is 10.1 Å². The second kappa shape index (κ2) is 6.58. The Bertz CT molecular complexity index is 1160. The molecule has 0 atom stereocenters. The summed E-state index contributed by atoms with van der Waals surface area (Å²) in [6.07, 6.45) is 8.84. The number of thiazole rings is 1. The van der Waals surface area contributed by atoms with E-state index >= 15 is 0 Å². The topological polar surface area (TPSA) is 60.2 Å². The average molecular weight is 367 g/mol. The highest BCUT2D eigenvalue weighted by Crippen LogP contribution is 2.12. The first-order chi connectivity index (χ1) is 12.2. The maximum Gasteiger partial charge on any atom is 0.291 e. The first kappa shape index (κ1) is 15.7. The Balaban J connectivity index is 1.67. The molecule has 0 saturated heterocycles. The molecule has 0 bridgehead atoms. The molecule has 0 fully saturated rings. The predicted octanol–water partition coefficient (Wildman–Crippen LogP) is 2.92. The molecular formula is C18H11ClN4OS. The lowest BCUT2D eigenvalue weighted by molar-refractivity contribution is 0.925. The maximum absolute atomic E-state index is 12.4. The van der Waals surface area contributed by atoms with Gasteiger partial charge < -0.3 is 0 Å². The third-order valence-electron chi connectivity index (χ3n) is 3.50. The minimum atomic E-state index is -0.171. The second-order valence-corrected chi connectivity index (χ2v) is 6.69. The van der Waals surface area contributed by atoms with Crippen LogP contribution in [0.4, 0.5) is 0 Å². The Hall–Kier alpha value is -2.83. The van der Waals surface area contributed by atoms with Crippen molar-refractivity contribution in [2.45, 2.75) is 0 Å². The molecular weight excluding hydrogens is 356 g/mol. The molecule has 0 aliphatic heterocycles. The zero-order valence-electron chi connectivity index (χ0n) is 12.8. The second-order valence-electron chi connectivity index (χ2n) is 5.25. The van der Waals surface area contributed by atoms with Crippen LogP contribution in [0.1, 0.15) is 17.0 Å². The monoisotopic (exact) mass is 366 g/mol. The van der Waals surface area contributed by atoms with Crippen LogP contribution in [0.3, 0.4) is 0 Å². The highest BCUT2D eigenvalue weighted by Gasteiger charge is 2.08. The van der Waals surface area contributed by atoms with Crippen LogP contribution >= 0.6 is 22.9 Å². The summed E-state index contributed by atoms with van der Waals surface area (Å²) in [4.78, 5) is 21.4. The molecule has 1 aromatic carbocycles. The maximum atomic E-state index is 12.4. The van der Waals surface area contributed by atoms with Gasteiger partial charge in [0.05, 0.1) is 4.53 Å². The largest absolute Gasteiger partial charge is 0.291 e. The fourth-order valence-electron chi connectivity index (χ4n) is 2.28. The molecule has 0 amide bonds. The molecule has 0 N–H and O–H groups in total. The van der Waals surface area contributed by atoms with Crippen LogP contribution in [0.25, 0.3) is 23.2 Å². The van der Waals surface area contributed by atoms with Gasteiger partial charge in [-0.15, -0.1) is 5.10 Å². The van der Waals surface area contributed by atoms with E-state index in [2.05, 4.69) is 15.1 Å². The molecule has 0 unspecified atom stereocenters. The quantitative estimate of drug-likeness (QED) is 0.559. The number of fused-ring (bicyclic) bond motifs is 1. The smallest absolute Gasteiger partial charge is 0.266 e. The summed E-state index contributed by atoms with van der Waals surface area (Å²) in [5.41, 5.74) is 1.73. The Morgan fingerprint density at radius 1 is 1.00 bits per heavy atom. The summed E-state index contributed by atoms with van der Waals surface area (Å²) in [7, 11) is 0. The summed E-state index contributed by atoms with van der Waals surface area (Å²) >= 11 is 7.18.